The maximum Gasteiger partial charge on any atom is 0.387 e. The first kappa shape index (κ1) is 35.2. The van der Waals surface area contributed by atoms with Crippen molar-refractivity contribution in [1.29, 1.82) is 0 Å². The molecule has 6 rings (SSSR count). The van der Waals surface area contributed by atoms with E-state index in [0.717, 1.165) is 46.9 Å². The second-order valence-corrected chi connectivity index (χ2v) is 15.4. The SMILES string of the molecule is Cn1ccc(-c2ccc(S(=O)(=O)N3CCSC3C(=O)OC(Cc3c(Cl)c[n+]([O-])cc3Cl)c3ccc(OC(F)F)c(OCC4CC4)c3)cc2)n1. The van der Waals surface area contributed by atoms with E-state index in [1.807, 2.05) is 0 Å². The summed E-state index contributed by atoms with van der Waals surface area (Å²) in [5.41, 5.74) is 1.99. The van der Waals surface area contributed by atoms with Crippen LogP contribution < -0.4 is 14.2 Å². The Kier molecular flexibility index (Phi) is 10.6. The van der Waals surface area contributed by atoms with Gasteiger partial charge in [-0.2, -0.15) is 22.9 Å². The predicted octanol–water partition coefficient (Wildman–Crippen LogP) is 6.01. The first-order valence-corrected chi connectivity index (χ1v) is 18.4. The molecule has 4 aromatic rings. The summed E-state index contributed by atoms with van der Waals surface area (Å²) in [6, 6.07) is 12.1. The molecule has 1 saturated carbocycles. The molecule has 1 aliphatic heterocycles. The van der Waals surface area contributed by atoms with Crippen LogP contribution in [0.25, 0.3) is 11.3 Å². The first-order valence-electron chi connectivity index (χ1n) is 15.1. The number of ether oxygens (including phenoxy) is 3. The summed E-state index contributed by atoms with van der Waals surface area (Å²) in [5.74, 6) is -0.436. The molecule has 1 saturated heterocycles. The van der Waals surface area contributed by atoms with E-state index in [-0.39, 0.29) is 57.5 Å². The molecule has 0 N–H and O–H groups in total. The molecule has 0 spiro atoms. The van der Waals surface area contributed by atoms with Gasteiger partial charge in [0.25, 0.3) is 0 Å². The van der Waals surface area contributed by atoms with E-state index in [0.29, 0.717) is 21.7 Å². The third-order valence-electron chi connectivity index (χ3n) is 7.95. The molecule has 260 valence electrons. The van der Waals surface area contributed by atoms with E-state index in [9.17, 15) is 27.2 Å². The molecule has 0 radical (unpaired) electrons. The fraction of sp³-hybridized carbons (Fsp3) is 0.344. The highest BCUT2D eigenvalue weighted by Gasteiger charge is 2.42. The molecule has 2 aliphatic rings. The number of aryl methyl sites for hydroxylation is 1. The highest BCUT2D eigenvalue weighted by atomic mass is 35.5. The van der Waals surface area contributed by atoms with Crippen molar-refractivity contribution < 1.29 is 40.9 Å². The van der Waals surface area contributed by atoms with Crippen molar-refractivity contribution in [3.63, 3.8) is 0 Å². The molecule has 2 aromatic heterocycles. The maximum atomic E-state index is 13.9. The van der Waals surface area contributed by atoms with Gasteiger partial charge in [0.15, 0.2) is 29.3 Å². The second-order valence-electron chi connectivity index (χ2n) is 11.5. The van der Waals surface area contributed by atoms with Crippen molar-refractivity contribution in [2.75, 3.05) is 18.9 Å². The molecule has 2 unspecified atom stereocenters. The fourth-order valence-electron chi connectivity index (χ4n) is 5.25. The lowest BCUT2D eigenvalue weighted by atomic mass is 10.0. The zero-order chi connectivity index (χ0) is 34.9. The zero-order valence-electron chi connectivity index (χ0n) is 25.9. The van der Waals surface area contributed by atoms with Gasteiger partial charge in [0.2, 0.25) is 10.0 Å². The van der Waals surface area contributed by atoms with Crippen molar-refractivity contribution in [2.24, 2.45) is 13.0 Å². The Morgan fingerprint density at radius 1 is 1.10 bits per heavy atom. The van der Waals surface area contributed by atoms with Crippen LogP contribution in [0.3, 0.4) is 0 Å². The van der Waals surface area contributed by atoms with Crippen LogP contribution in [0.15, 0.2) is 72.0 Å². The zero-order valence-corrected chi connectivity index (χ0v) is 29.0. The number of thioether (sulfide) groups is 1. The largest absolute Gasteiger partial charge is 0.619 e. The lowest BCUT2D eigenvalue weighted by molar-refractivity contribution is -0.605. The minimum Gasteiger partial charge on any atom is -0.619 e. The monoisotopic (exact) mass is 754 g/mol. The molecule has 2 fully saturated rings. The molecular formula is C32H30Cl2F2N4O7S2. The fourth-order valence-corrected chi connectivity index (χ4v) is 8.89. The number of carbonyl (C=O) groups excluding carboxylic acids is 1. The number of nitrogens with zero attached hydrogens (tertiary/aromatic N) is 4. The molecule has 2 atom stereocenters. The van der Waals surface area contributed by atoms with Crippen LogP contribution in [-0.2, 0) is 33.0 Å². The number of halogens is 4. The number of pyridine rings is 1. The third-order valence-corrected chi connectivity index (χ3v) is 11.8. The molecule has 49 heavy (non-hydrogen) atoms. The standard InChI is InChI=1S/C32H30Cl2F2N4O7S2/c1-38-11-10-26(37-38)20-4-7-22(8-5-20)49(43,44)40-12-13-48-30(40)31(41)46-28(15-23-24(33)16-39(42)17-25(23)34)21-6-9-27(47-32(35)36)29(14-21)45-18-19-2-3-19/h4-11,14,16-17,19,28,30,32H,2-3,12-13,15,18H2,1H3. The van der Waals surface area contributed by atoms with Crippen LogP contribution in [0.4, 0.5) is 8.78 Å². The van der Waals surface area contributed by atoms with Gasteiger partial charge >= 0.3 is 12.6 Å². The Hall–Kier alpha value is -3.63. The highest BCUT2D eigenvalue weighted by Crippen LogP contribution is 2.39. The number of hydrogen-bond donors (Lipinski definition) is 0. The average molecular weight is 756 g/mol. The number of esters is 1. The number of aromatic nitrogens is 3. The average Bonchev–Trinajstić information content (AvgIpc) is 3.55. The third kappa shape index (κ3) is 8.23. The number of carbonyl (C=O) groups is 1. The summed E-state index contributed by atoms with van der Waals surface area (Å²) in [7, 11) is -2.36. The number of hydrogen-bond acceptors (Lipinski definition) is 9. The van der Waals surface area contributed by atoms with Gasteiger partial charge in [0.1, 0.15) is 16.1 Å². The summed E-state index contributed by atoms with van der Waals surface area (Å²) in [5, 5.41) is 15.0. The van der Waals surface area contributed by atoms with Gasteiger partial charge in [-0.1, -0.05) is 41.4 Å². The molecule has 2 aromatic carbocycles. The van der Waals surface area contributed by atoms with E-state index in [1.54, 1.807) is 36.1 Å². The van der Waals surface area contributed by atoms with E-state index in [1.165, 1.54) is 30.3 Å². The Morgan fingerprint density at radius 3 is 2.45 bits per heavy atom. The van der Waals surface area contributed by atoms with Crippen LogP contribution in [0, 0.1) is 11.1 Å². The van der Waals surface area contributed by atoms with E-state index >= 15 is 0 Å². The molecule has 11 nitrogen and oxygen atoms in total. The second kappa shape index (κ2) is 14.7. The lowest BCUT2D eigenvalue weighted by Crippen LogP contribution is -2.40. The summed E-state index contributed by atoms with van der Waals surface area (Å²) in [6.45, 7) is -2.78. The maximum absolute atomic E-state index is 13.9. The van der Waals surface area contributed by atoms with Gasteiger partial charge < -0.3 is 19.4 Å². The van der Waals surface area contributed by atoms with Crippen molar-refractivity contribution in [3.8, 4) is 22.8 Å². The minimum absolute atomic E-state index is 0.00000460. The van der Waals surface area contributed by atoms with Gasteiger partial charge in [-0.15, -0.1) is 11.8 Å². The van der Waals surface area contributed by atoms with Gasteiger partial charge in [-0.3, -0.25) is 4.68 Å². The van der Waals surface area contributed by atoms with E-state index < -0.39 is 34.1 Å². The molecule has 17 heteroatoms. The summed E-state index contributed by atoms with van der Waals surface area (Å²) < 4.78 is 73.7. The molecule has 0 amide bonds. The lowest BCUT2D eigenvalue weighted by Gasteiger charge is -2.26. The quantitative estimate of drug-likeness (QED) is 0.0917. The van der Waals surface area contributed by atoms with Gasteiger partial charge in [-0.05, 0) is 54.7 Å². The Bertz CT molecular complexity index is 1920. The number of benzene rings is 2. The van der Waals surface area contributed by atoms with Crippen molar-refractivity contribution >= 4 is 51.0 Å². The normalized spacial score (nSPS) is 17.3. The topological polar surface area (TPSA) is 127 Å². The van der Waals surface area contributed by atoms with Crippen LogP contribution in [0.5, 0.6) is 11.5 Å². The van der Waals surface area contributed by atoms with Crippen molar-refractivity contribution in [2.45, 2.75) is 42.2 Å². The Morgan fingerprint density at radius 2 is 1.82 bits per heavy atom. The van der Waals surface area contributed by atoms with Gasteiger partial charge in [0.05, 0.1) is 17.2 Å². The van der Waals surface area contributed by atoms with Crippen LogP contribution in [-0.4, -0.2) is 59.4 Å². The minimum atomic E-state index is -4.14. The van der Waals surface area contributed by atoms with E-state index in [4.69, 9.17) is 32.7 Å². The van der Waals surface area contributed by atoms with Gasteiger partial charge in [-0.25, -0.2) is 13.2 Å². The summed E-state index contributed by atoms with van der Waals surface area (Å²) >= 11 is 13.8. The molecule has 0 bridgehead atoms. The van der Waals surface area contributed by atoms with Crippen LogP contribution >= 0.6 is 35.0 Å². The van der Waals surface area contributed by atoms with Gasteiger partial charge in [0, 0.05) is 43.1 Å². The van der Waals surface area contributed by atoms with Crippen LogP contribution in [0.1, 0.15) is 30.1 Å². The van der Waals surface area contributed by atoms with E-state index in [2.05, 4.69) is 9.84 Å². The highest BCUT2D eigenvalue weighted by molar-refractivity contribution is 8.02. The molecule has 1 aliphatic carbocycles. The Balaban J connectivity index is 1.28. The van der Waals surface area contributed by atoms with Crippen molar-refractivity contribution in [1.82, 2.24) is 14.1 Å². The number of sulfonamides is 1. The first-order chi connectivity index (χ1) is 23.4. The number of alkyl halides is 2. The Labute approximate surface area is 295 Å². The molecular weight excluding hydrogens is 725 g/mol. The summed E-state index contributed by atoms with van der Waals surface area (Å²) in [6.07, 6.45) is 4.55. The smallest absolute Gasteiger partial charge is 0.387 e. The predicted molar refractivity (Wildman–Crippen MR) is 178 cm³/mol. The molecule has 3 heterocycles. The summed E-state index contributed by atoms with van der Waals surface area (Å²) in [4.78, 5) is 13.8. The van der Waals surface area contributed by atoms with Crippen molar-refractivity contribution in [3.05, 3.63) is 93.5 Å². The number of rotatable bonds is 13. The van der Waals surface area contributed by atoms with Crippen LogP contribution in [0.2, 0.25) is 10.0 Å².